The molecule has 0 aliphatic rings. The van der Waals surface area contributed by atoms with E-state index in [1.54, 1.807) is 4.90 Å². The largest absolute Gasteiger partial charge is 0.346 e. The molecule has 146 valence electrons. The molecule has 0 radical (unpaired) electrons. The zero-order chi connectivity index (χ0) is 19.8. The Bertz CT molecular complexity index is 786. The van der Waals surface area contributed by atoms with Gasteiger partial charge in [-0.1, -0.05) is 35.5 Å². The summed E-state index contributed by atoms with van der Waals surface area (Å²) in [5.74, 6) is 0.721. The van der Waals surface area contributed by atoms with Gasteiger partial charge in [0.1, 0.15) is 0 Å². The van der Waals surface area contributed by atoms with Crippen LogP contribution in [0, 0.1) is 6.92 Å². The number of carbonyl (C=O) groups is 2. The number of nitrogens with one attached hydrogen (secondary N) is 1. The van der Waals surface area contributed by atoms with Gasteiger partial charge in [0, 0.05) is 25.2 Å². The molecule has 7 nitrogen and oxygen atoms in total. The molecule has 0 aliphatic heterocycles. The summed E-state index contributed by atoms with van der Waals surface area (Å²) in [7, 11) is 0. The molecular weight excluding hydrogens is 362 g/mol. The van der Waals surface area contributed by atoms with Crippen molar-refractivity contribution in [3.63, 3.8) is 0 Å². The third kappa shape index (κ3) is 5.56. The molecule has 0 fully saturated rings. The number of amides is 2. The fourth-order valence-electron chi connectivity index (χ4n) is 2.72. The Kier molecular flexibility index (Phi) is 7.84. The molecule has 0 saturated carbocycles. The highest BCUT2D eigenvalue weighted by molar-refractivity contribution is 7.99. The lowest BCUT2D eigenvalue weighted by atomic mass is 10.1. The molecule has 0 atom stereocenters. The van der Waals surface area contributed by atoms with Crippen LogP contribution in [-0.2, 0) is 16.1 Å². The van der Waals surface area contributed by atoms with Crippen LogP contribution in [0.5, 0.6) is 0 Å². The van der Waals surface area contributed by atoms with Gasteiger partial charge in [-0.05, 0) is 33.8 Å². The van der Waals surface area contributed by atoms with E-state index in [0.717, 1.165) is 17.0 Å². The van der Waals surface area contributed by atoms with Crippen molar-refractivity contribution in [3.05, 3.63) is 29.8 Å². The molecule has 0 unspecified atom stereocenters. The smallest absolute Gasteiger partial charge is 0.241 e. The van der Waals surface area contributed by atoms with Gasteiger partial charge in [-0.2, -0.15) is 0 Å². The molecule has 2 rings (SSSR count). The number of likely N-dealkylation sites (N-methyl/N-ethyl adjacent to an activating group) is 1. The molecule has 1 aromatic heterocycles. The van der Waals surface area contributed by atoms with Crippen molar-refractivity contribution in [2.24, 2.45) is 0 Å². The summed E-state index contributed by atoms with van der Waals surface area (Å²) in [5.41, 5.74) is 2.16. The van der Waals surface area contributed by atoms with Gasteiger partial charge in [0.25, 0.3) is 0 Å². The van der Waals surface area contributed by atoms with Crippen LogP contribution in [-0.4, -0.2) is 56.9 Å². The molecular formula is C19H27N5O2S. The van der Waals surface area contributed by atoms with Crippen LogP contribution in [0.25, 0.3) is 11.4 Å². The van der Waals surface area contributed by atoms with Crippen LogP contribution < -0.4 is 5.32 Å². The van der Waals surface area contributed by atoms with Gasteiger partial charge >= 0.3 is 0 Å². The summed E-state index contributed by atoms with van der Waals surface area (Å²) in [6.07, 6.45) is 0. The molecule has 1 N–H and O–H groups in total. The van der Waals surface area contributed by atoms with Crippen molar-refractivity contribution in [1.29, 1.82) is 0 Å². The first-order valence-corrected chi connectivity index (χ1v) is 10.2. The van der Waals surface area contributed by atoms with E-state index in [1.807, 2.05) is 50.5 Å². The second-order valence-corrected chi connectivity index (χ2v) is 6.99. The number of aromatic nitrogens is 3. The molecule has 2 amide bonds. The van der Waals surface area contributed by atoms with Crippen LogP contribution in [0.1, 0.15) is 26.3 Å². The summed E-state index contributed by atoms with van der Waals surface area (Å²) in [4.78, 5) is 25.7. The second-order valence-electron chi connectivity index (χ2n) is 6.05. The average Bonchev–Trinajstić information content (AvgIpc) is 3.08. The molecule has 1 heterocycles. The van der Waals surface area contributed by atoms with Crippen molar-refractivity contribution >= 4 is 23.6 Å². The number of carbonyl (C=O) groups excluding carboxylic acids is 2. The number of aryl methyl sites for hydroxylation is 1. The number of benzene rings is 1. The average molecular weight is 390 g/mol. The monoisotopic (exact) mass is 389 g/mol. The number of thioether (sulfide) groups is 1. The van der Waals surface area contributed by atoms with Gasteiger partial charge in [0.05, 0.1) is 12.3 Å². The Morgan fingerprint density at radius 2 is 1.93 bits per heavy atom. The Hall–Kier alpha value is -2.35. The standard InChI is InChI=1S/C19H27N5O2S/c1-5-23(6-2)17(26)12-20-16(25)13-27-19-22-21-18(24(19)7-3)15-10-8-9-14(4)11-15/h8-11H,5-7,12-13H2,1-4H3,(H,20,25). The van der Waals surface area contributed by atoms with Crippen LogP contribution >= 0.6 is 11.8 Å². The van der Waals surface area contributed by atoms with E-state index in [-0.39, 0.29) is 24.1 Å². The van der Waals surface area contributed by atoms with Crippen LogP contribution in [0.2, 0.25) is 0 Å². The summed E-state index contributed by atoms with van der Waals surface area (Å²) < 4.78 is 1.99. The maximum Gasteiger partial charge on any atom is 0.241 e. The Morgan fingerprint density at radius 3 is 2.56 bits per heavy atom. The van der Waals surface area contributed by atoms with Gasteiger partial charge in [-0.3, -0.25) is 9.59 Å². The van der Waals surface area contributed by atoms with Crippen LogP contribution in [0.4, 0.5) is 0 Å². The molecule has 8 heteroatoms. The highest BCUT2D eigenvalue weighted by atomic mass is 32.2. The van der Waals surface area contributed by atoms with Gasteiger partial charge < -0.3 is 14.8 Å². The predicted octanol–water partition coefficient (Wildman–Crippen LogP) is 2.35. The van der Waals surface area contributed by atoms with E-state index < -0.39 is 0 Å². The fourth-order valence-corrected chi connectivity index (χ4v) is 3.55. The predicted molar refractivity (Wildman–Crippen MR) is 108 cm³/mol. The third-order valence-electron chi connectivity index (χ3n) is 4.19. The molecule has 2 aromatic rings. The van der Waals surface area contributed by atoms with E-state index in [1.165, 1.54) is 11.8 Å². The number of hydrogen-bond donors (Lipinski definition) is 1. The van der Waals surface area contributed by atoms with Gasteiger partial charge in [0.15, 0.2) is 11.0 Å². The Balaban J connectivity index is 1.96. The summed E-state index contributed by atoms with van der Waals surface area (Å²) >= 11 is 1.32. The van der Waals surface area contributed by atoms with Gasteiger partial charge in [-0.25, -0.2) is 0 Å². The first kappa shape index (κ1) is 21.0. The summed E-state index contributed by atoms with van der Waals surface area (Å²) in [6, 6.07) is 8.10. The minimum atomic E-state index is -0.191. The summed E-state index contributed by atoms with van der Waals surface area (Å²) in [6.45, 7) is 9.91. The van der Waals surface area contributed by atoms with E-state index in [2.05, 4.69) is 21.6 Å². The van der Waals surface area contributed by atoms with Crippen molar-refractivity contribution in [2.45, 2.75) is 39.4 Å². The first-order valence-electron chi connectivity index (χ1n) is 9.17. The van der Waals surface area contributed by atoms with Gasteiger partial charge in [-0.15, -0.1) is 10.2 Å². The maximum absolute atomic E-state index is 12.1. The molecule has 27 heavy (non-hydrogen) atoms. The highest BCUT2D eigenvalue weighted by Gasteiger charge is 2.16. The summed E-state index contributed by atoms with van der Waals surface area (Å²) in [5, 5.41) is 11.9. The number of rotatable bonds is 9. The van der Waals surface area contributed by atoms with Gasteiger partial charge in [0.2, 0.25) is 11.8 Å². The van der Waals surface area contributed by atoms with E-state index in [0.29, 0.717) is 24.8 Å². The lowest BCUT2D eigenvalue weighted by molar-refractivity contribution is -0.132. The van der Waals surface area contributed by atoms with Crippen molar-refractivity contribution < 1.29 is 9.59 Å². The number of nitrogens with zero attached hydrogens (tertiary/aromatic N) is 4. The Labute approximate surface area is 164 Å². The molecule has 0 spiro atoms. The highest BCUT2D eigenvalue weighted by Crippen LogP contribution is 2.24. The third-order valence-corrected chi connectivity index (χ3v) is 5.16. The molecule has 1 aromatic carbocycles. The van der Waals surface area contributed by atoms with E-state index in [4.69, 9.17) is 0 Å². The quantitative estimate of drug-likeness (QED) is 0.666. The first-order chi connectivity index (χ1) is 13.0. The van der Waals surface area contributed by atoms with Crippen molar-refractivity contribution in [2.75, 3.05) is 25.4 Å². The fraction of sp³-hybridized carbons (Fsp3) is 0.474. The molecule has 0 aliphatic carbocycles. The minimum Gasteiger partial charge on any atom is -0.346 e. The van der Waals surface area contributed by atoms with Crippen LogP contribution in [0.3, 0.4) is 0 Å². The lowest BCUT2D eigenvalue weighted by Gasteiger charge is -2.18. The zero-order valence-corrected chi connectivity index (χ0v) is 17.2. The molecule has 0 saturated heterocycles. The van der Waals surface area contributed by atoms with E-state index in [9.17, 15) is 9.59 Å². The topological polar surface area (TPSA) is 80.1 Å². The SMILES string of the molecule is CCN(CC)C(=O)CNC(=O)CSc1nnc(-c2cccc(C)c2)n1CC. The molecule has 0 bridgehead atoms. The van der Waals surface area contributed by atoms with Crippen molar-refractivity contribution in [3.8, 4) is 11.4 Å². The lowest BCUT2D eigenvalue weighted by Crippen LogP contribution is -2.40. The second kappa shape index (κ2) is 10.1. The van der Waals surface area contributed by atoms with E-state index >= 15 is 0 Å². The maximum atomic E-state index is 12.1. The minimum absolute atomic E-state index is 0.0239. The number of hydrogen-bond acceptors (Lipinski definition) is 5. The van der Waals surface area contributed by atoms with Crippen molar-refractivity contribution in [1.82, 2.24) is 25.0 Å². The zero-order valence-electron chi connectivity index (χ0n) is 16.4. The normalized spacial score (nSPS) is 10.7. The Morgan fingerprint density at radius 1 is 1.19 bits per heavy atom. The van der Waals surface area contributed by atoms with Crippen LogP contribution in [0.15, 0.2) is 29.4 Å².